The summed E-state index contributed by atoms with van der Waals surface area (Å²) in [6, 6.07) is 0. The van der Waals surface area contributed by atoms with Gasteiger partial charge in [0, 0.05) is 39.8 Å². The van der Waals surface area contributed by atoms with Crippen LogP contribution in [0.25, 0.3) is 0 Å². The van der Waals surface area contributed by atoms with Crippen molar-refractivity contribution in [3.8, 4) is 0 Å². The molecule has 2 heterocycles. The summed E-state index contributed by atoms with van der Waals surface area (Å²) in [6.45, 7) is 9.60. The Morgan fingerprint density at radius 2 is 1.95 bits per heavy atom. The number of aryl methyl sites for hydroxylation is 1. The van der Waals surface area contributed by atoms with Crippen molar-refractivity contribution in [2.24, 2.45) is 13.0 Å². The molecule has 0 amide bonds. The fourth-order valence-corrected chi connectivity index (χ4v) is 3.02. The minimum atomic E-state index is -0.0814. The number of hydrogen-bond acceptors (Lipinski definition) is 4. The third-order valence-corrected chi connectivity index (χ3v) is 4.14. The van der Waals surface area contributed by atoms with Gasteiger partial charge in [-0.3, -0.25) is 9.69 Å². The zero-order valence-corrected chi connectivity index (χ0v) is 13.4. The molecular weight excluding hydrogens is 308 g/mol. The average molecular weight is 329 g/mol. The van der Waals surface area contributed by atoms with E-state index in [4.69, 9.17) is 0 Å². The highest BCUT2D eigenvalue weighted by Gasteiger charge is 2.20. The molecule has 1 aliphatic heterocycles. The molecule has 0 aliphatic carbocycles. The van der Waals surface area contributed by atoms with E-state index in [0.29, 0.717) is 10.4 Å². The van der Waals surface area contributed by atoms with Crippen LogP contribution in [0.2, 0.25) is 0 Å². The van der Waals surface area contributed by atoms with Gasteiger partial charge < -0.3 is 4.90 Å². The number of rotatable bonds is 3. The van der Waals surface area contributed by atoms with Crippen molar-refractivity contribution in [3.63, 3.8) is 0 Å². The summed E-state index contributed by atoms with van der Waals surface area (Å²) >= 11 is 3.39. The van der Waals surface area contributed by atoms with Gasteiger partial charge in [-0.15, -0.1) is 0 Å². The maximum Gasteiger partial charge on any atom is 0.282 e. The molecule has 0 spiro atoms. The van der Waals surface area contributed by atoms with E-state index >= 15 is 0 Å². The first-order chi connectivity index (χ1) is 8.99. The van der Waals surface area contributed by atoms with Gasteiger partial charge in [0.05, 0.1) is 11.9 Å². The molecule has 106 valence electrons. The van der Waals surface area contributed by atoms with E-state index in [-0.39, 0.29) is 5.56 Å². The van der Waals surface area contributed by atoms with E-state index in [1.807, 2.05) is 0 Å². The molecule has 0 aromatic carbocycles. The van der Waals surface area contributed by atoms with Crippen LogP contribution in [0.4, 0.5) is 5.69 Å². The monoisotopic (exact) mass is 328 g/mol. The van der Waals surface area contributed by atoms with Crippen LogP contribution in [0, 0.1) is 5.92 Å². The summed E-state index contributed by atoms with van der Waals surface area (Å²) in [7, 11) is 1.66. The predicted octanol–water partition coefficient (Wildman–Crippen LogP) is 1.32. The Kier molecular flexibility index (Phi) is 4.62. The molecule has 0 radical (unpaired) electrons. The van der Waals surface area contributed by atoms with Crippen LogP contribution in [-0.2, 0) is 7.05 Å². The highest BCUT2D eigenvalue weighted by molar-refractivity contribution is 9.10. The Balaban J connectivity index is 2.06. The number of piperazine rings is 1. The Hall–Kier alpha value is -0.880. The summed E-state index contributed by atoms with van der Waals surface area (Å²) in [5, 5.41) is 4.10. The zero-order chi connectivity index (χ0) is 14.0. The van der Waals surface area contributed by atoms with Gasteiger partial charge in [0.2, 0.25) is 0 Å². The SMILES string of the molecule is CC(C)CN1CCN(c2cnn(C)c(=O)c2Br)CC1. The second kappa shape index (κ2) is 6.05. The van der Waals surface area contributed by atoms with Gasteiger partial charge in [0.15, 0.2) is 0 Å². The fourth-order valence-electron chi connectivity index (χ4n) is 2.41. The third kappa shape index (κ3) is 3.36. The fraction of sp³-hybridized carbons (Fsp3) is 0.692. The quantitative estimate of drug-likeness (QED) is 0.839. The molecule has 19 heavy (non-hydrogen) atoms. The molecule has 1 aliphatic rings. The van der Waals surface area contributed by atoms with Crippen LogP contribution in [-0.4, -0.2) is 47.4 Å². The lowest BCUT2D eigenvalue weighted by Crippen LogP contribution is -2.48. The van der Waals surface area contributed by atoms with E-state index < -0.39 is 0 Å². The van der Waals surface area contributed by atoms with Gasteiger partial charge in [-0.05, 0) is 21.8 Å². The smallest absolute Gasteiger partial charge is 0.282 e. The molecule has 0 N–H and O–H groups in total. The second-order valence-corrected chi connectivity index (χ2v) is 6.25. The highest BCUT2D eigenvalue weighted by Crippen LogP contribution is 2.22. The van der Waals surface area contributed by atoms with E-state index in [9.17, 15) is 4.79 Å². The van der Waals surface area contributed by atoms with Crippen molar-refractivity contribution in [1.29, 1.82) is 0 Å². The van der Waals surface area contributed by atoms with Gasteiger partial charge >= 0.3 is 0 Å². The first kappa shape index (κ1) is 14.5. The Labute approximate surface area is 122 Å². The van der Waals surface area contributed by atoms with Crippen LogP contribution >= 0.6 is 15.9 Å². The molecule has 1 fully saturated rings. The van der Waals surface area contributed by atoms with Crippen molar-refractivity contribution in [3.05, 3.63) is 21.0 Å². The average Bonchev–Trinajstić information content (AvgIpc) is 2.37. The minimum Gasteiger partial charge on any atom is -0.367 e. The lowest BCUT2D eigenvalue weighted by atomic mass is 10.2. The Morgan fingerprint density at radius 3 is 2.53 bits per heavy atom. The van der Waals surface area contributed by atoms with Crippen molar-refractivity contribution in [1.82, 2.24) is 14.7 Å². The first-order valence-corrected chi connectivity index (χ1v) is 7.47. The van der Waals surface area contributed by atoms with Crippen LogP contribution < -0.4 is 10.5 Å². The van der Waals surface area contributed by atoms with Crippen LogP contribution in [0.15, 0.2) is 15.5 Å². The van der Waals surface area contributed by atoms with Crippen molar-refractivity contribution < 1.29 is 0 Å². The molecule has 2 rings (SSSR count). The lowest BCUT2D eigenvalue weighted by molar-refractivity contribution is 0.231. The largest absolute Gasteiger partial charge is 0.367 e. The summed E-state index contributed by atoms with van der Waals surface area (Å²) < 4.78 is 1.96. The van der Waals surface area contributed by atoms with Gasteiger partial charge in [-0.25, -0.2) is 4.68 Å². The first-order valence-electron chi connectivity index (χ1n) is 6.68. The van der Waals surface area contributed by atoms with Crippen molar-refractivity contribution >= 4 is 21.6 Å². The summed E-state index contributed by atoms with van der Waals surface area (Å²) in [4.78, 5) is 16.6. The van der Waals surface area contributed by atoms with E-state index in [1.165, 1.54) is 4.68 Å². The van der Waals surface area contributed by atoms with Gasteiger partial charge in [0.1, 0.15) is 4.47 Å². The molecule has 0 saturated carbocycles. The molecule has 0 atom stereocenters. The summed E-state index contributed by atoms with van der Waals surface area (Å²) in [5.41, 5.74) is 0.828. The minimum absolute atomic E-state index is 0.0814. The molecule has 1 saturated heterocycles. The van der Waals surface area contributed by atoms with E-state index in [1.54, 1.807) is 13.2 Å². The summed E-state index contributed by atoms with van der Waals surface area (Å²) in [5.74, 6) is 0.698. The van der Waals surface area contributed by atoms with Gasteiger partial charge in [-0.1, -0.05) is 13.8 Å². The molecule has 1 aromatic heterocycles. The molecule has 1 aromatic rings. The molecular formula is C13H21BrN4O. The lowest BCUT2D eigenvalue weighted by Gasteiger charge is -2.36. The maximum absolute atomic E-state index is 11.9. The Bertz CT molecular complexity index is 492. The number of hydrogen-bond donors (Lipinski definition) is 0. The van der Waals surface area contributed by atoms with Crippen LogP contribution in [0.5, 0.6) is 0 Å². The zero-order valence-electron chi connectivity index (χ0n) is 11.8. The maximum atomic E-state index is 11.9. The normalized spacial score (nSPS) is 17.2. The number of anilines is 1. The van der Waals surface area contributed by atoms with E-state index in [2.05, 4.69) is 44.7 Å². The topological polar surface area (TPSA) is 41.4 Å². The van der Waals surface area contributed by atoms with Crippen molar-refractivity contribution in [2.75, 3.05) is 37.6 Å². The number of aromatic nitrogens is 2. The van der Waals surface area contributed by atoms with Gasteiger partial charge in [0.25, 0.3) is 5.56 Å². The number of nitrogens with zero attached hydrogens (tertiary/aromatic N) is 4. The predicted molar refractivity (Wildman–Crippen MR) is 80.7 cm³/mol. The Morgan fingerprint density at radius 1 is 1.32 bits per heavy atom. The number of halogens is 1. The van der Waals surface area contributed by atoms with Gasteiger partial charge in [-0.2, -0.15) is 5.10 Å². The molecule has 5 nitrogen and oxygen atoms in total. The molecule has 0 unspecified atom stereocenters. The third-order valence-electron chi connectivity index (χ3n) is 3.40. The molecule has 6 heteroatoms. The molecule has 0 bridgehead atoms. The van der Waals surface area contributed by atoms with Crippen LogP contribution in [0.3, 0.4) is 0 Å². The standard InChI is InChI=1S/C13H21BrN4O/c1-10(2)9-17-4-6-18(7-5-17)11-8-15-16(3)13(19)12(11)14/h8,10H,4-7,9H2,1-3H3. The second-order valence-electron chi connectivity index (χ2n) is 5.45. The van der Waals surface area contributed by atoms with Crippen molar-refractivity contribution in [2.45, 2.75) is 13.8 Å². The highest BCUT2D eigenvalue weighted by atomic mass is 79.9. The van der Waals surface area contributed by atoms with E-state index in [0.717, 1.165) is 38.4 Å². The van der Waals surface area contributed by atoms with Crippen LogP contribution in [0.1, 0.15) is 13.8 Å². The summed E-state index contributed by atoms with van der Waals surface area (Å²) in [6.07, 6.45) is 1.77.